The average Bonchev–Trinajstić information content (AvgIpc) is 2.14. The molecular weight excluding hydrogens is 286 g/mol. The van der Waals surface area contributed by atoms with Crippen molar-refractivity contribution in [1.82, 2.24) is 0 Å². The third kappa shape index (κ3) is 4.56. The average molecular weight is 300 g/mol. The van der Waals surface area contributed by atoms with Crippen molar-refractivity contribution >= 4 is 28.1 Å². The number of carbonyl (C=O) groups is 1. The minimum atomic E-state index is -0.537. The van der Waals surface area contributed by atoms with E-state index in [2.05, 4.69) is 21.1 Å². The molecule has 1 N–H and O–H groups in total. The third-order valence-corrected chi connectivity index (χ3v) is 2.22. The van der Waals surface area contributed by atoms with Gasteiger partial charge in [0, 0.05) is 4.47 Å². The Balaban J connectivity index is 3.02. The van der Waals surface area contributed by atoms with Crippen LogP contribution in [0.2, 0.25) is 0 Å². The monoisotopic (exact) mass is 299 g/mol. The summed E-state index contributed by atoms with van der Waals surface area (Å²) in [5.74, 6) is -0.411. The molecule has 0 atom stereocenters. The van der Waals surface area contributed by atoms with Gasteiger partial charge in [0.2, 0.25) is 0 Å². The molecule has 0 bridgehead atoms. The zero-order valence-electron chi connectivity index (χ0n) is 9.90. The number of carbonyl (C=O) groups excluding carboxylic acids is 1. The highest BCUT2D eigenvalue weighted by molar-refractivity contribution is 9.10. The van der Waals surface area contributed by atoms with E-state index in [1.165, 1.54) is 6.21 Å². The van der Waals surface area contributed by atoms with Gasteiger partial charge in [-0.1, -0.05) is 21.1 Å². The Morgan fingerprint density at radius 1 is 1.41 bits per heavy atom. The molecule has 17 heavy (non-hydrogen) atoms. The number of nitrogens with zero attached hydrogens (tertiary/aromatic N) is 1. The van der Waals surface area contributed by atoms with Crippen LogP contribution < -0.4 is 0 Å². The quantitative estimate of drug-likeness (QED) is 0.395. The molecule has 0 amide bonds. The molecule has 0 fully saturated rings. The van der Waals surface area contributed by atoms with Crippen molar-refractivity contribution in [2.75, 3.05) is 0 Å². The lowest BCUT2D eigenvalue weighted by atomic mass is 10.1. The van der Waals surface area contributed by atoms with Crippen molar-refractivity contribution in [2.45, 2.75) is 26.4 Å². The fourth-order valence-electron chi connectivity index (χ4n) is 1.21. The minimum absolute atomic E-state index is 0.407. The summed E-state index contributed by atoms with van der Waals surface area (Å²) in [7, 11) is 0. The van der Waals surface area contributed by atoms with Crippen LogP contribution in [0.15, 0.2) is 27.8 Å². The fraction of sp³-hybridized carbons (Fsp3) is 0.333. The topological polar surface area (TPSA) is 58.9 Å². The molecule has 1 rings (SSSR count). The molecule has 5 heteroatoms. The number of oxime groups is 1. The number of rotatable bonds is 2. The maximum absolute atomic E-state index is 11.8. The van der Waals surface area contributed by atoms with Gasteiger partial charge < -0.3 is 9.94 Å². The summed E-state index contributed by atoms with van der Waals surface area (Å²) < 4.78 is 5.96. The number of halogens is 1. The van der Waals surface area contributed by atoms with Gasteiger partial charge in [-0.15, -0.1) is 0 Å². The first kappa shape index (κ1) is 13.7. The van der Waals surface area contributed by atoms with Crippen molar-refractivity contribution in [3.8, 4) is 0 Å². The molecule has 0 spiro atoms. The zero-order chi connectivity index (χ0) is 13.1. The standard InChI is InChI=1S/C12H14BrNO3/c1-12(2,3)17-11(15)9-4-8(7-14-16)5-10(13)6-9/h4-7,16H,1-3H3. The molecule has 1 aromatic rings. The normalized spacial score (nSPS) is 11.8. The predicted molar refractivity (Wildman–Crippen MR) is 68.7 cm³/mol. The first-order chi connectivity index (χ1) is 7.81. The molecule has 92 valence electrons. The summed E-state index contributed by atoms with van der Waals surface area (Å²) in [4.78, 5) is 11.8. The molecule has 0 heterocycles. The van der Waals surface area contributed by atoms with Gasteiger partial charge in [-0.3, -0.25) is 0 Å². The summed E-state index contributed by atoms with van der Waals surface area (Å²) in [6.07, 6.45) is 1.25. The van der Waals surface area contributed by atoms with E-state index >= 15 is 0 Å². The highest BCUT2D eigenvalue weighted by atomic mass is 79.9. The Morgan fingerprint density at radius 2 is 2.06 bits per heavy atom. The van der Waals surface area contributed by atoms with Crippen LogP contribution >= 0.6 is 15.9 Å². The number of esters is 1. The third-order valence-electron chi connectivity index (χ3n) is 1.76. The van der Waals surface area contributed by atoms with Gasteiger partial charge in [0.05, 0.1) is 11.8 Å². The summed E-state index contributed by atoms with van der Waals surface area (Å²) in [6, 6.07) is 4.98. The first-order valence-electron chi connectivity index (χ1n) is 5.03. The largest absolute Gasteiger partial charge is 0.456 e. The molecule has 0 saturated heterocycles. The van der Waals surface area contributed by atoms with Crippen molar-refractivity contribution in [2.24, 2.45) is 5.16 Å². The van der Waals surface area contributed by atoms with Crippen molar-refractivity contribution in [3.63, 3.8) is 0 Å². The smallest absolute Gasteiger partial charge is 0.338 e. The Kier molecular flexibility index (Phi) is 4.28. The highest BCUT2D eigenvalue weighted by Crippen LogP contribution is 2.18. The Bertz CT molecular complexity index is 450. The van der Waals surface area contributed by atoms with Gasteiger partial charge in [0.1, 0.15) is 5.60 Å². The van der Waals surface area contributed by atoms with Crippen molar-refractivity contribution < 1.29 is 14.7 Å². The van der Waals surface area contributed by atoms with E-state index in [1.807, 2.05) is 0 Å². The van der Waals surface area contributed by atoms with Crippen LogP contribution in [-0.4, -0.2) is 23.0 Å². The van der Waals surface area contributed by atoms with Gasteiger partial charge in [-0.2, -0.15) is 0 Å². The van der Waals surface area contributed by atoms with Gasteiger partial charge in [-0.05, 0) is 44.5 Å². The molecule has 0 aliphatic carbocycles. The second-order valence-corrected chi connectivity index (χ2v) is 5.44. The van der Waals surface area contributed by atoms with E-state index in [1.54, 1.807) is 39.0 Å². The van der Waals surface area contributed by atoms with Crippen LogP contribution in [0, 0.1) is 0 Å². The molecule has 1 aromatic carbocycles. The fourth-order valence-corrected chi connectivity index (χ4v) is 1.72. The second-order valence-electron chi connectivity index (χ2n) is 4.52. The lowest BCUT2D eigenvalue weighted by molar-refractivity contribution is 0.00694. The Morgan fingerprint density at radius 3 is 2.59 bits per heavy atom. The van der Waals surface area contributed by atoms with E-state index in [0.29, 0.717) is 11.1 Å². The maximum Gasteiger partial charge on any atom is 0.338 e. The Hall–Kier alpha value is -1.36. The number of ether oxygens (including phenoxy) is 1. The number of hydrogen-bond donors (Lipinski definition) is 1. The van der Waals surface area contributed by atoms with Crippen LogP contribution in [-0.2, 0) is 4.74 Å². The van der Waals surface area contributed by atoms with Crippen molar-refractivity contribution in [3.05, 3.63) is 33.8 Å². The molecule has 0 unspecified atom stereocenters. The summed E-state index contributed by atoms with van der Waals surface area (Å²) in [5.41, 5.74) is 0.483. The van der Waals surface area contributed by atoms with Crippen LogP contribution in [0.5, 0.6) is 0 Å². The van der Waals surface area contributed by atoms with E-state index in [9.17, 15) is 4.79 Å². The van der Waals surface area contributed by atoms with Crippen LogP contribution in [0.25, 0.3) is 0 Å². The molecule has 4 nitrogen and oxygen atoms in total. The summed E-state index contributed by atoms with van der Waals surface area (Å²) in [5, 5.41) is 11.4. The summed E-state index contributed by atoms with van der Waals surface area (Å²) in [6.45, 7) is 5.41. The van der Waals surface area contributed by atoms with Crippen molar-refractivity contribution in [1.29, 1.82) is 0 Å². The first-order valence-corrected chi connectivity index (χ1v) is 5.82. The Labute approximate surface area is 108 Å². The minimum Gasteiger partial charge on any atom is -0.456 e. The molecule has 0 aliphatic rings. The molecule has 0 radical (unpaired) electrons. The van der Waals surface area contributed by atoms with Gasteiger partial charge in [0.25, 0.3) is 0 Å². The second kappa shape index (κ2) is 5.31. The predicted octanol–water partition coefficient (Wildman–Crippen LogP) is 3.21. The molecular formula is C12H14BrNO3. The highest BCUT2D eigenvalue weighted by Gasteiger charge is 2.18. The maximum atomic E-state index is 11.8. The summed E-state index contributed by atoms with van der Waals surface area (Å²) >= 11 is 3.28. The van der Waals surface area contributed by atoms with Crippen LogP contribution in [0.1, 0.15) is 36.7 Å². The SMILES string of the molecule is CC(C)(C)OC(=O)c1cc(Br)cc(C=NO)c1. The lowest BCUT2D eigenvalue weighted by Gasteiger charge is -2.19. The van der Waals surface area contributed by atoms with Gasteiger partial charge in [0.15, 0.2) is 0 Å². The molecule has 0 aromatic heterocycles. The van der Waals surface area contributed by atoms with Gasteiger partial charge in [-0.25, -0.2) is 4.79 Å². The number of hydrogen-bond acceptors (Lipinski definition) is 4. The van der Waals surface area contributed by atoms with E-state index in [4.69, 9.17) is 9.94 Å². The lowest BCUT2D eigenvalue weighted by Crippen LogP contribution is -2.24. The molecule has 0 saturated carbocycles. The molecule has 0 aliphatic heterocycles. The van der Waals surface area contributed by atoms with Gasteiger partial charge >= 0.3 is 5.97 Å². The number of benzene rings is 1. The zero-order valence-corrected chi connectivity index (χ0v) is 11.5. The van der Waals surface area contributed by atoms with E-state index < -0.39 is 11.6 Å². The van der Waals surface area contributed by atoms with E-state index in [-0.39, 0.29) is 0 Å². The van der Waals surface area contributed by atoms with Crippen LogP contribution in [0.4, 0.5) is 0 Å². The van der Waals surface area contributed by atoms with Crippen LogP contribution in [0.3, 0.4) is 0 Å². The van der Waals surface area contributed by atoms with E-state index in [0.717, 1.165) is 4.47 Å².